The van der Waals surface area contributed by atoms with Crippen LogP contribution in [-0.4, -0.2) is 36.6 Å². The number of amides is 1. The van der Waals surface area contributed by atoms with Crippen molar-refractivity contribution in [1.29, 1.82) is 0 Å². The summed E-state index contributed by atoms with van der Waals surface area (Å²) in [5, 5.41) is 6.51. The van der Waals surface area contributed by atoms with E-state index in [4.69, 9.17) is 0 Å². The average molecular weight is 324 g/mol. The van der Waals surface area contributed by atoms with Crippen molar-refractivity contribution >= 4 is 11.7 Å². The SMILES string of the molecule is CC(C)NC(=O)c1cccnc1N1CCN[C@H](c2ccccc2)C1. The van der Waals surface area contributed by atoms with Gasteiger partial charge in [-0.15, -0.1) is 0 Å². The summed E-state index contributed by atoms with van der Waals surface area (Å²) in [6, 6.07) is 14.4. The molecule has 2 N–H and O–H groups in total. The molecule has 0 aliphatic carbocycles. The molecule has 0 radical (unpaired) electrons. The summed E-state index contributed by atoms with van der Waals surface area (Å²) in [6.45, 7) is 6.42. The van der Waals surface area contributed by atoms with Gasteiger partial charge in [0, 0.05) is 37.9 Å². The summed E-state index contributed by atoms with van der Waals surface area (Å²) in [5.74, 6) is 0.695. The molecule has 0 unspecified atom stereocenters. The van der Waals surface area contributed by atoms with E-state index in [1.54, 1.807) is 6.20 Å². The Balaban J connectivity index is 1.82. The minimum atomic E-state index is -0.0668. The van der Waals surface area contributed by atoms with Gasteiger partial charge in [0.2, 0.25) is 0 Å². The van der Waals surface area contributed by atoms with E-state index in [0.29, 0.717) is 5.56 Å². The number of rotatable bonds is 4. The standard InChI is InChI=1S/C19H24N4O/c1-14(2)22-19(24)16-9-6-10-21-18(16)23-12-11-20-17(13-23)15-7-4-3-5-8-15/h3-10,14,17,20H,11-13H2,1-2H3,(H,22,24)/t17-/m0/s1. The molecular formula is C19H24N4O. The number of carbonyl (C=O) groups is 1. The van der Waals surface area contributed by atoms with E-state index in [-0.39, 0.29) is 18.0 Å². The molecule has 5 nitrogen and oxygen atoms in total. The van der Waals surface area contributed by atoms with Crippen LogP contribution in [0.25, 0.3) is 0 Å². The molecular weight excluding hydrogens is 300 g/mol. The van der Waals surface area contributed by atoms with Gasteiger partial charge in [0.15, 0.2) is 0 Å². The first-order chi connectivity index (χ1) is 11.6. The highest BCUT2D eigenvalue weighted by Gasteiger charge is 2.25. The maximum atomic E-state index is 12.5. The van der Waals surface area contributed by atoms with Gasteiger partial charge in [-0.1, -0.05) is 30.3 Å². The second-order valence-electron chi connectivity index (χ2n) is 6.37. The Morgan fingerprint density at radius 2 is 2.04 bits per heavy atom. The number of carbonyl (C=O) groups excluding carboxylic acids is 1. The number of hydrogen-bond donors (Lipinski definition) is 2. The lowest BCUT2D eigenvalue weighted by Crippen LogP contribution is -2.47. The van der Waals surface area contributed by atoms with Gasteiger partial charge in [-0.25, -0.2) is 4.98 Å². The molecule has 5 heteroatoms. The molecule has 1 aliphatic heterocycles. The lowest BCUT2D eigenvalue weighted by molar-refractivity contribution is 0.0943. The molecule has 1 atom stereocenters. The summed E-state index contributed by atoms with van der Waals surface area (Å²) in [6.07, 6.45) is 1.75. The molecule has 0 saturated carbocycles. The first-order valence-corrected chi connectivity index (χ1v) is 8.44. The van der Waals surface area contributed by atoms with Gasteiger partial charge in [0.05, 0.1) is 5.56 Å². The first-order valence-electron chi connectivity index (χ1n) is 8.44. The average Bonchev–Trinajstić information content (AvgIpc) is 2.62. The second kappa shape index (κ2) is 7.45. The summed E-state index contributed by atoms with van der Waals surface area (Å²) >= 11 is 0. The Labute approximate surface area is 143 Å². The molecule has 0 spiro atoms. The number of aromatic nitrogens is 1. The normalized spacial score (nSPS) is 17.8. The number of benzene rings is 1. The Bertz CT molecular complexity index is 687. The number of piperazine rings is 1. The van der Waals surface area contributed by atoms with Crippen LogP contribution in [0.1, 0.15) is 35.8 Å². The van der Waals surface area contributed by atoms with Crippen molar-refractivity contribution in [1.82, 2.24) is 15.6 Å². The molecule has 1 amide bonds. The fourth-order valence-corrected chi connectivity index (χ4v) is 3.02. The van der Waals surface area contributed by atoms with Crippen LogP contribution in [0.5, 0.6) is 0 Å². The number of nitrogens with zero attached hydrogens (tertiary/aromatic N) is 2. The van der Waals surface area contributed by atoms with Crippen molar-refractivity contribution in [2.45, 2.75) is 25.9 Å². The molecule has 2 heterocycles. The van der Waals surface area contributed by atoms with Gasteiger partial charge in [-0.2, -0.15) is 0 Å². The van der Waals surface area contributed by atoms with Crippen LogP contribution < -0.4 is 15.5 Å². The third-order valence-electron chi connectivity index (χ3n) is 4.13. The largest absolute Gasteiger partial charge is 0.353 e. The van der Waals surface area contributed by atoms with E-state index in [0.717, 1.165) is 25.5 Å². The minimum absolute atomic E-state index is 0.0668. The van der Waals surface area contributed by atoms with E-state index < -0.39 is 0 Å². The van der Waals surface area contributed by atoms with Gasteiger partial charge >= 0.3 is 0 Å². The molecule has 24 heavy (non-hydrogen) atoms. The monoisotopic (exact) mass is 324 g/mol. The summed E-state index contributed by atoms with van der Waals surface area (Å²) in [5.41, 5.74) is 1.89. The van der Waals surface area contributed by atoms with E-state index in [9.17, 15) is 4.79 Å². The molecule has 1 aromatic carbocycles. The third kappa shape index (κ3) is 3.74. The van der Waals surface area contributed by atoms with Crippen molar-refractivity contribution in [2.75, 3.05) is 24.5 Å². The molecule has 1 aliphatic rings. The van der Waals surface area contributed by atoms with Crippen LogP contribution in [0.2, 0.25) is 0 Å². The minimum Gasteiger partial charge on any atom is -0.353 e. The maximum Gasteiger partial charge on any atom is 0.255 e. The second-order valence-corrected chi connectivity index (χ2v) is 6.37. The van der Waals surface area contributed by atoms with Crippen molar-refractivity contribution in [2.24, 2.45) is 0 Å². The van der Waals surface area contributed by atoms with Gasteiger partial charge in [-0.3, -0.25) is 4.79 Å². The molecule has 0 bridgehead atoms. The van der Waals surface area contributed by atoms with Crippen molar-refractivity contribution < 1.29 is 4.79 Å². The number of nitrogens with one attached hydrogen (secondary N) is 2. The fourth-order valence-electron chi connectivity index (χ4n) is 3.02. The Morgan fingerprint density at radius 3 is 2.79 bits per heavy atom. The molecule has 1 saturated heterocycles. The fraction of sp³-hybridized carbons (Fsp3) is 0.368. The van der Waals surface area contributed by atoms with Gasteiger partial charge in [0.25, 0.3) is 5.91 Å². The van der Waals surface area contributed by atoms with Crippen LogP contribution in [-0.2, 0) is 0 Å². The maximum absolute atomic E-state index is 12.5. The predicted octanol–water partition coefficient (Wildman–Crippen LogP) is 2.37. The Hall–Kier alpha value is -2.40. The third-order valence-corrected chi connectivity index (χ3v) is 4.13. The smallest absolute Gasteiger partial charge is 0.255 e. The topological polar surface area (TPSA) is 57.3 Å². The number of anilines is 1. The molecule has 3 rings (SSSR count). The van der Waals surface area contributed by atoms with Gasteiger partial charge in [0.1, 0.15) is 5.82 Å². The zero-order chi connectivity index (χ0) is 16.9. The van der Waals surface area contributed by atoms with Crippen LogP contribution in [0.15, 0.2) is 48.7 Å². The Morgan fingerprint density at radius 1 is 1.25 bits per heavy atom. The zero-order valence-electron chi connectivity index (χ0n) is 14.2. The lowest BCUT2D eigenvalue weighted by Gasteiger charge is -2.35. The van der Waals surface area contributed by atoms with Crippen molar-refractivity contribution in [3.8, 4) is 0 Å². The summed E-state index contributed by atoms with van der Waals surface area (Å²) < 4.78 is 0. The highest BCUT2D eigenvalue weighted by atomic mass is 16.1. The summed E-state index contributed by atoms with van der Waals surface area (Å²) in [4.78, 5) is 19.2. The molecule has 2 aromatic rings. The Kier molecular flexibility index (Phi) is 5.11. The first kappa shape index (κ1) is 16.5. The highest BCUT2D eigenvalue weighted by Crippen LogP contribution is 2.23. The van der Waals surface area contributed by atoms with Crippen LogP contribution in [0.4, 0.5) is 5.82 Å². The van der Waals surface area contributed by atoms with Crippen molar-refractivity contribution in [3.05, 3.63) is 59.8 Å². The quantitative estimate of drug-likeness (QED) is 0.906. The van der Waals surface area contributed by atoms with E-state index >= 15 is 0 Å². The van der Waals surface area contributed by atoms with Gasteiger partial charge < -0.3 is 15.5 Å². The molecule has 126 valence electrons. The predicted molar refractivity (Wildman–Crippen MR) is 96.2 cm³/mol. The van der Waals surface area contributed by atoms with E-state index in [1.807, 2.05) is 32.0 Å². The van der Waals surface area contributed by atoms with Crippen molar-refractivity contribution in [3.63, 3.8) is 0 Å². The van der Waals surface area contributed by atoms with E-state index in [2.05, 4.69) is 44.8 Å². The van der Waals surface area contributed by atoms with Crippen LogP contribution in [0, 0.1) is 0 Å². The van der Waals surface area contributed by atoms with Crippen LogP contribution >= 0.6 is 0 Å². The molecule has 1 fully saturated rings. The number of hydrogen-bond acceptors (Lipinski definition) is 4. The molecule has 1 aromatic heterocycles. The zero-order valence-corrected chi connectivity index (χ0v) is 14.2. The highest BCUT2D eigenvalue weighted by molar-refractivity contribution is 5.99. The van der Waals surface area contributed by atoms with Gasteiger partial charge in [-0.05, 0) is 31.5 Å². The summed E-state index contributed by atoms with van der Waals surface area (Å²) in [7, 11) is 0. The lowest BCUT2D eigenvalue weighted by atomic mass is 10.0. The van der Waals surface area contributed by atoms with Crippen LogP contribution in [0.3, 0.4) is 0 Å². The number of pyridine rings is 1. The van der Waals surface area contributed by atoms with E-state index in [1.165, 1.54) is 5.56 Å².